The molecule has 0 bridgehead atoms. The summed E-state index contributed by atoms with van der Waals surface area (Å²) in [5.41, 5.74) is 0.0457. The van der Waals surface area contributed by atoms with Crippen molar-refractivity contribution in [3.05, 3.63) is 0 Å². The second-order valence-electron chi connectivity index (χ2n) is 5.75. The first kappa shape index (κ1) is 14.9. The van der Waals surface area contributed by atoms with Gasteiger partial charge in [-0.15, -0.1) is 0 Å². The largest absolute Gasteiger partial charge is 0.379 e. The highest BCUT2D eigenvalue weighted by molar-refractivity contribution is 4.73. The minimum absolute atomic E-state index is 0.0457. The maximum Gasteiger partial charge on any atom is 0.0623 e. The van der Waals surface area contributed by atoms with Crippen molar-refractivity contribution in [2.45, 2.75) is 45.6 Å². The Morgan fingerprint density at radius 3 is 2.00 bits per heavy atom. The fourth-order valence-electron chi connectivity index (χ4n) is 2.38. The van der Waals surface area contributed by atoms with Gasteiger partial charge in [0.25, 0.3) is 0 Å². The highest BCUT2D eigenvalue weighted by Gasteiger charge is 2.18. The lowest BCUT2D eigenvalue weighted by atomic mass is 10.0. The van der Waals surface area contributed by atoms with Gasteiger partial charge in [0.1, 0.15) is 0 Å². The zero-order valence-electron chi connectivity index (χ0n) is 12.2. The Hall–Kier alpha value is -0.120. The molecule has 0 spiro atoms. The van der Waals surface area contributed by atoms with Crippen LogP contribution in [0.1, 0.15) is 40.0 Å². The molecule has 0 N–H and O–H groups in total. The lowest BCUT2D eigenvalue weighted by Gasteiger charge is -2.35. The second kappa shape index (κ2) is 7.34. The monoisotopic (exact) mass is 242 g/mol. The number of hydrogen-bond donors (Lipinski definition) is 0. The van der Waals surface area contributed by atoms with Gasteiger partial charge in [-0.2, -0.15) is 0 Å². The average Bonchev–Trinajstić information content (AvgIpc) is 2.32. The third-order valence-corrected chi connectivity index (χ3v) is 3.81. The molecule has 0 amide bonds. The molecule has 1 aliphatic rings. The molecule has 1 rings (SSSR count). The summed E-state index contributed by atoms with van der Waals surface area (Å²) in [4.78, 5) is 5.17. The lowest BCUT2D eigenvalue weighted by Crippen LogP contribution is -2.46. The number of rotatable bonds is 7. The molecular formula is C14H30N2O. The van der Waals surface area contributed by atoms with Gasteiger partial charge in [-0.25, -0.2) is 0 Å². The molecule has 3 nitrogen and oxygen atoms in total. The van der Waals surface area contributed by atoms with Gasteiger partial charge in [0, 0.05) is 33.3 Å². The van der Waals surface area contributed by atoms with E-state index in [1.807, 2.05) is 7.11 Å². The summed E-state index contributed by atoms with van der Waals surface area (Å²) >= 11 is 0. The molecule has 1 aliphatic heterocycles. The molecule has 102 valence electrons. The summed E-state index contributed by atoms with van der Waals surface area (Å²) in [7, 11) is 1.81. The summed E-state index contributed by atoms with van der Waals surface area (Å²) in [5, 5.41) is 0. The summed E-state index contributed by atoms with van der Waals surface area (Å²) in [5.74, 6) is 0. The minimum atomic E-state index is 0.0457. The molecule has 0 radical (unpaired) electrons. The molecule has 0 aromatic rings. The van der Waals surface area contributed by atoms with Crippen LogP contribution in [0.25, 0.3) is 0 Å². The van der Waals surface area contributed by atoms with Crippen molar-refractivity contribution in [1.29, 1.82) is 0 Å². The lowest BCUT2D eigenvalue weighted by molar-refractivity contribution is 0.0106. The van der Waals surface area contributed by atoms with Gasteiger partial charge in [-0.05, 0) is 46.2 Å². The van der Waals surface area contributed by atoms with Crippen LogP contribution in [0.5, 0.6) is 0 Å². The van der Waals surface area contributed by atoms with E-state index in [4.69, 9.17) is 4.74 Å². The van der Waals surface area contributed by atoms with Gasteiger partial charge in [-0.3, -0.25) is 0 Å². The van der Waals surface area contributed by atoms with E-state index in [1.54, 1.807) is 0 Å². The SMILES string of the molecule is CCCN1CCN(CCCC(C)(C)OC)CC1. The fourth-order valence-corrected chi connectivity index (χ4v) is 2.38. The average molecular weight is 242 g/mol. The first-order valence-corrected chi connectivity index (χ1v) is 7.07. The van der Waals surface area contributed by atoms with Crippen LogP contribution in [0.3, 0.4) is 0 Å². The van der Waals surface area contributed by atoms with Crippen LogP contribution in [-0.2, 0) is 4.74 Å². The van der Waals surface area contributed by atoms with Crippen LogP contribution < -0.4 is 0 Å². The van der Waals surface area contributed by atoms with Crippen LogP contribution in [0.2, 0.25) is 0 Å². The zero-order valence-corrected chi connectivity index (χ0v) is 12.2. The van der Waals surface area contributed by atoms with Crippen molar-refractivity contribution in [3.63, 3.8) is 0 Å². The van der Waals surface area contributed by atoms with Gasteiger partial charge in [0.05, 0.1) is 5.60 Å². The van der Waals surface area contributed by atoms with Crippen LogP contribution >= 0.6 is 0 Å². The Bertz CT molecular complexity index is 198. The molecular weight excluding hydrogens is 212 g/mol. The molecule has 0 aromatic heterocycles. The van der Waals surface area contributed by atoms with Crippen LogP contribution in [-0.4, -0.2) is 61.8 Å². The van der Waals surface area contributed by atoms with Gasteiger partial charge in [0.2, 0.25) is 0 Å². The van der Waals surface area contributed by atoms with Crippen LogP contribution in [0.4, 0.5) is 0 Å². The van der Waals surface area contributed by atoms with Crippen molar-refractivity contribution in [2.24, 2.45) is 0 Å². The molecule has 1 fully saturated rings. The summed E-state index contributed by atoms with van der Waals surface area (Å²) in [6.07, 6.45) is 3.68. The first-order valence-electron chi connectivity index (χ1n) is 7.07. The number of nitrogens with zero attached hydrogens (tertiary/aromatic N) is 2. The third-order valence-electron chi connectivity index (χ3n) is 3.81. The standard InChI is InChI=1S/C14H30N2O/c1-5-8-15-10-12-16(13-11-15)9-6-7-14(2,3)17-4/h5-13H2,1-4H3. The third kappa shape index (κ3) is 5.84. The number of piperazine rings is 1. The number of ether oxygens (including phenoxy) is 1. The molecule has 0 aliphatic carbocycles. The predicted molar refractivity (Wildman–Crippen MR) is 73.5 cm³/mol. The van der Waals surface area contributed by atoms with Crippen LogP contribution in [0, 0.1) is 0 Å². The summed E-state index contributed by atoms with van der Waals surface area (Å²) < 4.78 is 5.45. The Balaban J connectivity index is 2.10. The maximum atomic E-state index is 5.45. The van der Waals surface area contributed by atoms with Crippen LogP contribution in [0.15, 0.2) is 0 Å². The van der Waals surface area contributed by atoms with E-state index in [0.717, 1.165) is 6.42 Å². The van der Waals surface area contributed by atoms with Crippen molar-refractivity contribution in [2.75, 3.05) is 46.4 Å². The molecule has 0 unspecified atom stereocenters. The zero-order chi connectivity index (χ0) is 12.7. The topological polar surface area (TPSA) is 15.7 Å². The summed E-state index contributed by atoms with van der Waals surface area (Å²) in [6.45, 7) is 14.1. The van der Waals surface area contributed by atoms with E-state index in [0.29, 0.717) is 0 Å². The Labute approximate surface area is 107 Å². The van der Waals surface area contributed by atoms with Gasteiger partial charge >= 0.3 is 0 Å². The highest BCUT2D eigenvalue weighted by atomic mass is 16.5. The highest BCUT2D eigenvalue weighted by Crippen LogP contribution is 2.16. The van der Waals surface area contributed by atoms with Crippen molar-refractivity contribution in [1.82, 2.24) is 9.80 Å². The van der Waals surface area contributed by atoms with Gasteiger partial charge in [-0.1, -0.05) is 6.92 Å². The van der Waals surface area contributed by atoms with E-state index in [1.165, 1.54) is 52.1 Å². The minimum Gasteiger partial charge on any atom is -0.379 e. The van der Waals surface area contributed by atoms with Crippen molar-refractivity contribution < 1.29 is 4.74 Å². The predicted octanol–water partition coefficient (Wildman–Crippen LogP) is 2.22. The van der Waals surface area contributed by atoms with Gasteiger partial charge < -0.3 is 14.5 Å². The molecule has 0 aromatic carbocycles. The molecule has 0 saturated carbocycles. The molecule has 1 saturated heterocycles. The van der Waals surface area contributed by atoms with Crippen molar-refractivity contribution in [3.8, 4) is 0 Å². The second-order valence-corrected chi connectivity index (χ2v) is 5.75. The summed E-state index contributed by atoms with van der Waals surface area (Å²) in [6, 6.07) is 0. The van der Waals surface area contributed by atoms with E-state index < -0.39 is 0 Å². The molecule has 0 atom stereocenters. The number of hydrogen-bond acceptors (Lipinski definition) is 3. The fraction of sp³-hybridized carbons (Fsp3) is 1.00. The maximum absolute atomic E-state index is 5.45. The van der Waals surface area contributed by atoms with Gasteiger partial charge in [0.15, 0.2) is 0 Å². The molecule has 17 heavy (non-hydrogen) atoms. The van der Waals surface area contributed by atoms with E-state index >= 15 is 0 Å². The van der Waals surface area contributed by atoms with E-state index in [-0.39, 0.29) is 5.60 Å². The van der Waals surface area contributed by atoms with Crippen molar-refractivity contribution >= 4 is 0 Å². The Morgan fingerprint density at radius 1 is 1.00 bits per heavy atom. The molecule has 1 heterocycles. The molecule has 3 heteroatoms. The Kier molecular flexibility index (Phi) is 6.45. The Morgan fingerprint density at radius 2 is 1.53 bits per heavy atom. The quantitative estimate of drug-likeness (QED) is 0.681. The first-order chi connectivity index (χ1) is 8.07. The normalized spacial score (nSPS) is 19.8. The smallest absolute Gasteiger partial charge is 0.0623 e. The number of methoxy groups -OCH3 is 1. The van der Waals surface area contributed by atoms with E-state index in [9.17, 15) is 0 Å². The van der Waals surface area contributed by atoms with E-state index in [2.05, 4.69) is 30.6 Å².